The van der Waals surface area contributed by atoms with Crippen LogP contribution >= 0.6 is 0 Å². The topological polar surface area (TPSA) is 192 Å². The number of allylic oxidation sites excluding steroid dienone is 2. The number of carbonyl (C=O) groups is 1. The van der Waals surface area contributed by atoms with Gasteiger partial charge in [0.05, 0.1) is 25.4 Å². The Morgan fingerprint density at radius 2 is 1.00 bits per heavy atom. The zero-order chi connectivity index (χ0) is 46.9. The van der Waals surface area contributed by atoms with Crippen LogP contribution in [0.4, 0.5) is 0 Å². The normalized spacial score (nSPS) is 20.3. The molecule has 0 spiro atoms. The Hall–Kier alpha value is -1.16. The molecular formula is C51H99NO11S. The van der Waals surface area contributed by atoms with Gasteiger partial charge in [-0.2, -0.15) is 8.42 Å². The van der Waals surface area contributed by atoms with Gasteiger partial charge in [0, 0.05) is 6.42 Å². The van der Waals surface area contributed by atoms with Crippen molar-refractivity contribution in [2.75, 3.05) is 13.2 Å². The molecule has 1 aliphatic rings. The van der Waals surface area contributed by atoms with Gasteiger partial charge in [0.1, 0.15) is 24.4 Å². The second-order valence-electron chi connectivity index (χ2n) is 18.8. The van der Waals surface area contributed by atoms with Crippen LogP contribution in [-0.4, -0.2) is 95.4 Å². The molecule has 0 aromatic carbocycles. The molecule has 1 amide bonds. The van der Waals surface area contributed by atoms with E-state index in [1.165, 1.54) is 173 Å². The maximum Gasteiger partial charge on any atom is 0.397 e. The molecule has 1 heterocycles. The number of rotatable bonds is 46. The van der Waals surface area contributed by atoms with Gasteiger partial charge in [0.15, 0.2) is 6.29 Å². The highest BCUT2D eigenvalue weighted by atomic mass is 32.3. The molecule has 0 aromatic heterocycles. The van der Waals surface area contributed by atoms with E-state index in [4.69, 9.17) is 9.47 Å². The van der Waals surface area contributed by atoms with Crippen molar-refractivity contribution in [3.63, 3.8) is 0 Å². The third-order valence-corrected chi connectivity index (χ3v) is 13.3. The molecule has 1 saturated heterocycles. The van der Waals surface area contributed by atoms with Crippen LogP contribution in [0.15, 0.2) is 12.2 Å². The Bertz CT molecular complexity index is 1190. The summed E-state index contributed by atoms with van der Waals surface area (Å²) >= 11 is 0. The summed E-state index contributed by atoms with van der Waals surface area (Å²) in [7, 11) is -5.07. The smallest absolute Gasteiger partial charge is 0.394 e. The number of amides is 1. The van der Waals surface area contributed by atoms with Crippen LogP contribution in [0.2, 0.25) is 0 Å². The molecule has 0 aromatic rings. The van der Waals surface area contributed by atoms with Crippen molar-refractivity contribution in [1.82, 2.24) is 5.32 Å². The van der Waals surface area contributed by atoms with Gasteiger partial charge in [-0.15, -0.1) is 0 Å². The van der Waals surface area contributed by atoms with Crippen LogP contribution < -0.4 is 5.32 Å². The Morgan fingerprint density at radius 3 is 1.41 bits per heavy atom. The highest BCUT2D eigenvalue weighted by Crippen LogP contribution is 2.26. The lowest BCUT2D eigenvalue weighted by Crippen LogP contribution is -2.61. The van der Waals surface area contributed by atoms with E-state index in [0.717, 1.165) is 51.4 Å². The monoisotopic (exact) mass is 934 g/mol. The number of hydrogen-bond acceptors (Lipinski definition) is 10. The minimum atomic E-state index is -5.07. The third kappa shape index (κ3) is 34.2. The van der Waals surface area contributed by atoms with Gasteiger partial charge >= 0.3 is 10.4 Å². The number of ether oxygens (including phenoxy) is 2. The molecule has 13 heteroatoms. The van der Waals surface area contributed by atoms with E-state index in [0.29, 0.717) is 12.8 Å². The number of carbonyl (C=O) groups excluding carboxylic acids is 1. The summed E-state index contributed by atoms with van der Waals surface area (Å²) in [5.41, 5.74) is 0. The number of nitrogens with one attached hydrogen (secondary N) is 1. The summed E-state index contributed by atoms with van der Waals surface area (Å²) < 4.78 is 47.7. The first-order chi connectivity index (χ1) is 31.0. The fourth-order valence-electron chi connectivity index (χ4n) is 8.69. The largest absolute Gasteiger partial charge is 0.397 e. The fourth-order valence-corrected chi connectivity index (χ4v) is 9.20. The second kappa shape index (κ2) is 42.0. The minimum absolute atomic E-state index is 0.230. The van der Waals surface area contributed by atoms with E-state index in [2.05, 4.69) is 35.5 Å². The molecule has 0 radical (unpaired) electrons. The van der Waals surface area contributed by atoms with Gasteiger partial charge < -0.3 is 35.2 Å². The van der Waals surface area contributed by atoms with Crippen molar-refractivity contribution in [3.05, 3.63) is 12.2 Å². The number of aliphatic hydroxyl groups excluding tert-OH is 4. The predicted molar refractivity (Wildman–Crippen MR) is 259 cm³/mol. The maximum atomic E-state index is 13.1. The van der Waals surface area contributed by atoms with Gasteiger partial charge in [0.2, 0.25) is 5.91 Å². The van der Waals surface area contributed by atoms with E-state index in [-0.39, 0.29) is 12.5 Å². The Kier molecular flexibility index (Phi) is 39.9. The van der Waals surface area contributed by atoms with E-state index >= 15 is 0 Å². The lowest BCUT2D eigenvalue weighted by atomic mass is 9.99. The standard InChI is InChI=1S/C51H99NO11S/c1-3-5-7-9-11-13-15-16-17-18-19-20-21-22-23-24-25-26-27-28-29-31-33-35-37-39-41-47(55)52-44(45(54)40-38-36-34-32-30-14-12-10-8-6-4-2)43-61-51-49(57)50(63-64(58,59)60)48(56)46(42-53)62-51/h22-23,44-46,48-51,53-54,56-57H,3-21,24-43H2,1-2H3,(H,52,55)(H,58,59,60)/b23-22-. The van der Waals surface area contributed by atoms with Crippen molar-refractivity contribution in [2.24, 2.45) is 0 Å². The zero-order valence-corrected chi connectivity index (χ0v) is 41.7. The van der Waals surface area contributed by atoms with Gasteiger partial charge in [-0.3, -0.25) is 9.35 Å². The van der Waals surface area contributed by atoms with E-state index in [9.17, 15) is 38.2 Å². The summed E-state index contributed by atoms with van der Waals surface area (Å²) in [4.78, 5) is 13.1. The lowest BCUT2D eigenvalue weighted by molar-refractivity contribution is -0.298. The molecular weight excluding hydrogens is 835 g/mol. The van der Waals surface area contributed by atoms with E-state index < -0.39 is 59.9 Å². The predicted octanol–water partition coefficient (Wildman–Crippen LogP) is 11.5. The summed E-state index contributed by atoms with van der Waals surface area (Å²) in [6.07, 6.45) is 39.5. The SMILES string of the molecule is CCCCCCCCCCCCCC/C=C\CCCCCCCCCCCCC(=O)NC(COC1OC(CO)C(O)C(OS(=O)(=O)O)C1O)C(O)CCCCCCCCCCCCC. The van der Waals surface area contributed by atoms with Crippen LogP contribution in [0.1, 0.15) is 251 Å². The first-order valence-corrected chi connectivity index (χ1v) is 27.9. The van der Waals surface area contributed by atoms with Gasteiger partial charge in [-0.1, -0.05) is 219 Å². The Morgan fingerprint density at radius 1 is 0.609 bits per heavy atom. The fraction of sp³-hybridized carbons (Fsp3) is 0.941. The number of aliphatic hydroxyl groups is 4. The molecule has 1 aliphatic heterocycles. The molecule has 0 bridgehead atoms. The Balaban J connectivity index is 2.31. The summed E-state index contributed by atoms with van der Waals surface area (Å²) in [5, 5.41) is 44.9. The molecule has 7 atom stereocenters. The highest BCUT2D eigenvalue weighted by Gasteiger charge is 2.48. The molecule has 12 nitrogen and oxygen atoms in total. The van der Waals surface area contributed by atoms with Crippen LogP contribution in [0.5, 0.6) is 0 Å². The van der Waals surface area contributed by atoms with Crippen molar-refractivity contribution in [2.45, 2.75) is 294 Å². The van der Waals surface area contributed by atoms with Gasteiger partial charge in [-0.25, -0.2) is 4.18 Å². The third-order valence-electron chi connectivity index (χ3n) is 12.8. The van der Waals surface area contributed by atoms with Crippen molar-refractivity contribution < 1.29 is 51.8 Å². The van der Waals surface area contributed by atoms with Gasteiger partial charge in [-0.05, 0) is 38.5 Å². The maximum absolute atomic E-state index is 13.1. The first kappa shape index (κ1) is 60.9. The molecule has 1 fully saturated rings. The average Bonchev–Trinajstić information content (AvgIpc) is 3.27. The van der Waals surface area contributed by atoms with E-state index in [1.54, 1.807) is 0 Å². The molecule has 0 saturated carbocycles. The average molecular weight is 934 g/mol. The van der Waals surface area contributed by atoms with Crippen LogP contribution in [0.3, 0.4) is 0 Å². The van der Waals surface area contributed by atoms with Crippen LogP contribution in [0, 0.1) is 0 Å². The highest BCUT2D eigenvalue weighted by molar-refractivity contribution is 7.80. The quantitative estimate of drug-likeness (QED) is 0.0193. The Labute approximate surface area is 391 Å². The molecule has 6 N–H and O–H groups in total. The number of hydrogen-bond donors (Lipinski definition) is 6. The zero-order valence-electron chi connectivity index (χ0n) is 40.9. The van der Waals surface area contributed by atoms with Crippen molar-refractivity contribution in [1.29, 1.82) is 0 Å². The summed E-state index contributed by atoms with van der Waals surface area (Å²) in [6.45, 7) is 3.45. The minimum Gasteiger partial charge on any atom is -0.394 e. The molecule has 0 aliphatic carbocycles. The van der Waals surface area contributed by atoms with Crippen LogP contribution in [-0.2, 0) is 28.9 Å². The molecule has 64 heavy (non-hydrogen) atoms. The van der Waals surface area contributed by atoms with Crippen molar-refractivity contribution in [3.8, 4) is 0 Å². The molecule has 7 unspecified atom stereocenters. The van der Waals surface area contributed by atoms with E-state index in [1.807, 2.05) is 0 Å². The van der Waals surface area contributed by atoms with Crippen molar-refractivity contribution >= 4 is 16.3 Å². The lowest BCUT2D eigenvalue weighted by Gasteiger charge is -2.41. The molecule has 1 rings (SSSR count). The first-order valence-electron chi connectivity index (χ1n) is 26.6. The second-order valence-corrected chi connectivity index (χ2v) is 19.9. The number of unbranched alkanes of at least 4 members (excludes halogenated alkanes) is 32. The summed E-state index contributed by atoms with van der Waals surface area (Å²) in [5.74, 6) is -0.230. The van der Waals surface area contributed by atoms with Gasteiger partial charge in [0.25, 0.3) is 0 Å². The van der Waals surface area contributed by atoms with Crippen LogP contribution in [0.25, 0.3) is 0 Å². The summed E-state index contributed by atoms with van der Waals surface area (Å²) in [6, 6.07) is -0.855. The molecule has 380 valence electrons.